The summed E-state index contributed by atoms with van der Waals surface area (Å²) in [4.78, 5) is 0. The van der Waals surface area contributed by atoms with E-state index in [1.54, 1.807) is 0 Å². The number of hydrogen-bond donors (Lipinski definition) is 1. The van der Waals surface area contributed by atoms with Gasteiger partial charge in [0, 0.05) is 31.4 Å². The summed E-state index contributed by atoms with van der Waals surface area (Å²) in [7, 11) is 0. The zero-order valence-corrected chi connectivity index (χ0v) is 18.0. The van der Waals surface area contributed by atoms with Gasteiger partial charge in [-0.3, -0.25) is 0 Å². The zero-order valence-electron chi connectivity index (χ0n) is 18.0. The normalized spacial score (nSPS) is 42.5. The Labute approximate surface area is 179 Å². The van der Waals surface area contributed by atoms with Gasteiger partial charge in [0.05, 0.1) is 12.2 Å². The van der Waals surface area contributed by atoms with Gasteiger partial charge >= 0.3 is 0 Å². The van der Waals surface area contributed by atoms with E-state index >= 15 is 0 Å². The predicted octanol–water partition coefficient (Wildman–Crippen LogP) is 5.28. The molecule has 2 heterocycles. The summed E-state index contributed by atoms with van der Waals surface area (Å²) in [6.07, 6.45) is 15.5. The van der Waals surface area contributed by atoms with E-state index in [1.807, 2.05) is 0 Å². The summed E-state index contributed by atoms with van der Waals surface area (Å²) in [6.45, 7) is 0.542. The first-order valence-electron chi connectivity index (χ1n) is 12.5. The number of fused-ring (bicyclic) bond motifs is 3. The fourth-order valence-corrected chi connectivity index (χ4v) is 8.65. The molecule has 5 saturated carbocycles. The highest BCUT2D eigenvalue weighted by atomic mass is 16.7. The minimum absolute atomic E-state index is 0.0106. The van der Waals surface area contributed by atoms with Crippen molar-refractivity contribution in [3.63, 3.8) is 0 Å². The highest BCUT2D eigenvalue weighted by Gasteiger charge is 2.56. The lowest BCUT2D eigenvalue weighted by molar-refractivity contribution is -0.165. The molecule has 5 aliphatic carbocycles. The Kier molecular flexibility index (Phi) is 3.90. The van der Waals surface area contributed by atoms with Gasteiger partial charge in [0.15, 0.2) is 11.5 Å². The van der Waals surface area contributed by atoms with E-state index in [9.17, 15) is 0 Å². The van der Waals surface area contributed by atoms with Crippen molar-refractivity contribution < 1.29 is 14.2 Å². The van der Waals surface area contributed by atoms with Crippen molar-refractivity contribution in [1.82, 2.24) is 0 Å². The van der Waals surface area contributed by atoms with Gasteiger partial charge in [0.25, 0.3) is 5.79 Å². The maximum absolute atomic E-state index is 6.82. The predicted molar refractivity (Wildman–Crippen MR) is 114 cm³/mol. The highest BCUT2D eigenvalue weighted by molar-refractivity contribution is 5.55. The van der Waals surface area contributed by atoms with Crippen molar-refractivity contribution in [1.29, 1.82) is 0 Å². The lowest BCUT2D eigenvalue weighted by atomic mass is 9.47. The molecular formula is C26H35NO3. The van der Waals surface area contributed by atoms with Gasteiger partial charge in [-0.05, 0) is 86.2 Å². The molecule has 1 aromatic carbocycles. The van der Waals surface area contributed by atoms with Crippen LogP contribution in [-0.4, -0.2) is 18.4 Å². The summed E-state index contributed by atoms with van der Waals surface area (Å²) in [5.74, 6) is 4.36. The second kappa shape index (κ2) is 6.38. The van der Waals surface area contributed by atoms with Crippen molar-refractivity contribution in [2.24, 2.45) is 28.9 Å². The van der Waals surface area contributed by atoms with Crippen LogP contribution in [0.5, 0.6) is 11.5 Å². The van der Waals surface area contributed by atoms with Crippen LogP contribution in [0.25, 0.3) is 0 Å². The van der Waals surface area contributed by atoms with Crippen LogP contribution >= 0.6 is 0 Å². The molecule has 1 spiro atoms. The largest absolute Gasteiger partial charge is 0.448 e. The number of nitrogens with two attached hydrogens (primary N) is 1. The van der Waals surface area contributed by atoms with E-state index in [-0.39, 0.29) is 12.2 Å². The highest BCUT2D eigenvalue weighted by Crippen LogP contribution is 2.63. The molecule has 0 radical (unpaired) electrons. The molecule has 7 aliphatic rings. The Morgan fingerprint density at radius 3 is 2.27 bits per heavy atom. The van der Waals surface area contributed by atoms with E-state index in [0.29, 0.717) is 12.0 Å². The SMILES string of the molecule is NC[C@@H]1O[C@H](C23CC4CC(CC(C4)C2)C3)Cc2c1ccc1c2OC2(CCCCC2)O1. The fourth-order valence-electron chi connectivity index (χ4n) is 8.65. The van der Waals surface area contributed by atoms with E-state index in [4.69, 9.17) is 19.9 Å². The van der Waals surface area contributed by atoms with E-state index in [1.165, 1.54) is 68.9 Å². The van der Waals surface area contributed by atoms with Gasteiger partial charge in [-0.1, -0.05) is 12.5 Å². The minimum Gasteiger partial charge on any atom is -0.448 e. The summed E-state index contributed by atoms with van der Waals surface area (Å²) in [6, 6.07) is 4.31. The molecule has 0 saturated heterocycles. The molecule has 162 valence electrons. The van der Waals surface area contributed by atoms with Crippen molar-refractivity contribution >= 4 is 0 Å². The third kappa shape index (κ3) is 2.59. The number of rotatable bonds is 2. The molecule has 30 heavy (non-hydrogen) atoms. The molecule has 0 unspecified atom stereocenters. The topological polar surface area (TPSA) is 53.7 Å². The Morgan fingerprint density at radius 2 is 1.60 bits per heavy atom. The molecule has 0 aromatic heterocycles. The van der Waals surface area contributed by atoms with Gasteiger partial charge in [-0.2, -0.15) is 0 Å². The van der Waals surface area contributed by atoms with Crippen molar-refractivity contribution in [2.75, 3.05) is 6.54 Å². The maximum Gasteiger partial charge on any atom is 0.251 e. The van der Waals surface area contributed by atoms with E-state index in [2.05, 4.69) is 12.1 Å². The molecule has 2 aliphatic heterocycles. The number of benzene rings is 1. The first-order chi connectivity index (χ1) is 14.7. The molecule has 4 heteroatoms. The lowest BCUT2D eigenvalue weighted by Gasteiger charge is -2.60. The molecule has 2 atom stereocenters. The van der Waals surface area contributed by atoms with Gasteiger partial charge in [-0.15, -0.1) is 0 Å². The molecule has 1 aromatic rings. The van der Waals surface area contributed by atoms with Crippen LogP contribution in [0.15, 0.2) is 12.1 Å². The first kappa shape index (κ1) is 18.3. The standard InChI is InChI=1S/C26H35NO3/c27-15-22-19-4-5-21-24(30-26(29-21)6-2-1-3-7-26)20(19)11-23(28-22)25-12-16-8-17(13-25)10-18(9-16)14-25/h4-5,16-18,22-23H,1-3,6-15,27H2/t16?,17?,18?,22-,23-,25?/m0/s1. The minimum atomic E-state index is -0.414. The molecule has 4 nitrogen and oxygen atoms in total. The summed E-state index contributed by atoms with van der Waals surface area (Å²) in [5, 5.41) is 0. The van der Waals surface area contributed by atoms with E-state index in [0.717, 1.165) is 48.5 Å². The molecule has 0 amide bonds. The van der Waals surface area contributed by atoms with Crippen LogP contribution in [0.1, 0.15) is 87.9 Å². The monoisotopic (exact) mass is 409 g/mol. The second-order valence-electron chi connectivity index (χ2n) is 11.5. The van der Waals surface area contributed by atoms with Crippen molar-refractivity contribution in [3.8, 4) is 11.5 Å². The molecular weight excluding hydrogens is 374 g/mol. The summed E-state index contributed by atoms with van der Waals surface area (Å²) >= 11 is 0. The van der Waals surface area contributed by atoms with Gasteiger partial charge in [0.1, 0.15) is 0 Å². The lowest BCUT2D eigenvalue weighted by Crippen LogP contribution is -2.54. The zero-order chi connectivity index (χ0) is 19.9. The van der Waals surface area contributed by atoms with Crippen LogP contribution in [0.3, 0.4) is 0 Å². The fraction of sp³-hybridized carbons (Fsp3) is 0.769. The van der Waals surface area contributed by atoms with Gasteiger partial charge in [0.2, 0.25) is 0 Å². The van der Waals surface area contributed by atoms with Crippen LogP contribution in [0.2, 0.25) is 0 Å². The smallest absolute Gasteiger partial charge is 0.251 e. The van der Waals surface area contributed by atoms with Crippen molar-refractivity contribution in [3.05, 3.63) is 23.3 Å². The van der Waals surface area contributed by atoms with Gasteiger partial charge < -0.3 is 19.9 Å². The molecule has 8 rings (SSSR count). The van der Waals surface area contributed by atoms with Crippen LogP contribution < -0.4 is 15.2 Å². The third-order valence-electron chi connectivity index (χ3n) is 9.51. The van der Waals surface area contributed by atoms with E-state index < -0.39 is 5.79 Å². The Hall–Kier alpha value is -1.26. The molecule has 4 bridgehead atoms. The van der Waals surface area contributed by atoms with Gasteiger partial charge in [-0.25, -0.2) is 0 Å². The average Bonchev–Trinajstić information content (AvgIpc) is 3.10. The first-order valence-corrected chi connectivity index (χ1v) is 12.5. The Balaban J connectivity index is 1.25. The summed E-state index contributed by atoms with van der Waals surface area (Å²) < 4.78 is 20.0. The Bertz CT molecular complexity index is 823. The van der Waals surface area contributed by atoms with Crippen LogP contribution in [0, 0.1) is 23.2 Å². The third-order valence-corrected chi connectivity index (χ3v) is 9.51. The maximum atomic E-state index is 6.82. The van der Waals surface area contributed by atoms with Crippen LogP contribution in [-0.2, 0) is 11.2 Å². The molecule has 5 fully saturated rings. The number of ether oxygens (including phenoxy) is 3. The Morgan fingerprint density at radius 1 is 0.900 bits per heavy atom. The second-order valence-corrected chi connectivity index (χ2v) is 11.5. The molecule has 2 N–H and O–H groups in total. The summed E-state index contributed by atoms with van der Waals surface area (Å²) in [5.41, 5.74) is 9.21. The van der Waals surface area contributed by atoms with Crippen LogP contribution in [0.4, 0.5) is 0 Å². The number of hydrogen-bond acceptors (Lipinski definition) is 4. The van der Waals surface area contributed by atoms with Crippen molar-refractivity contribution in [2.45, 2.75) is 95.0 Å². The average molecular weight is 410 g/mol. The quantitative estimate of drug-likeness (QED) is 0.722.